The van der Waals surface area contributed by atoms with Crippen LogP contribution in [-0.2, 0) is 12.7 Å². The number of rotatable bonds is 4. The molecule has 3 rings (SSSR count). The van der Waals surface area contributed by atoms with Crippen LogP contribution < -0.4 is 5.32 Å². The van der Waals surface area contributed by atoms with E-state index in [4.69, 9.17) is 0 Å². The van der Waals surface area contributed by atoms with Gasteiger partial charge in [0.05, 0.1) is 21.1 Å². The highest BCUT2D eigenvalue weighted by molar-refractivity contribution is 7.17. The molecule has 1 N–H and O–H groups in total. The second kappa shape index (κ2) is 7.26. The molecule has 2 heterocycles. The monoisotopic (exact) mass is 403 g/mol. The second-order valence-corrected chi connectivity index (χ2v) is 6.78. The van der Waals surface area contributed by atoms with Crippen LogP contribution in [0.25, 0.3) is 10.6 Å². The number of allylic oxidation sites excluding steroid dienone is 3. The highest BCUT2D eigenvalue weighted by atomic mass is 32.1. The fraction of sp³-hybridized carbons (Fsp3) is 0.294. The minimum atomic E-state index is -4.67. The summed E-state index contributed by atoms with van der Waals surface area (Å²) in [6, 6.07) is 1.66. The van der Waals surface area contributed by atoms with E-state index in [0.29, 0.717) is 17.8 Å². The topological polar surface area (TPSA) is 46.9 Å². The number of hydrogen-bond donors (Lipinski definition) is 1. The van der Waals surface area contributed by atoms with Gasteiger partial charge in [0, 0.05) is 13.0 Å². The largest absolute Gasteiger partial charge is 0.435 e. The number of aromatic nitrogens is 2. The van der Waals surface area contributed by atoms with Gasteiger partial charge in [-0.2, -0.15) is 18.3 Å². The number of alkyl halides is 3. The molecule has 0 aliphatic heterocycles. The van der Waals surface area contributed by atoms with Crippen molar-refractivity contribution in [2.75, 3.05) is 0 Å². The van der Waals surface area contributed by atoms with Crippen LogP contribution >= 0.6 is 11.3 Å². The van der Waals surface area contributed by atoms with Gasteiger partial charge in [-0.3, -0.25) is 9.48 Å². The molecule has 144 valence electrons. The lowest BCUT2D eigenvalue weighted by atomic mass is 10.1. The summed E-state index contributed by atoms with van der Waals surface area (Å²) in [5, 5.41) is 5.80. The van der Waals surface area contributed by atoms with Crippen molar-refractivity contribution in [3.8, 4) is 10.6 Å². The Morgan fingerprint density at radius 2 is 2.07 bits per heavy atom. The van der Waals surface area contributed by atoms with Gasteiger partial charge >= 0.3 is 6.18 Å². The molecular weight excluding hydrogens is 389 g/mol. The first-order chi connectivity index (χ1) is 12.7. The van der Waals surface area contributed by atoms with E-state index in [9.17, 15) is 26.7 Å². The van der Waals surface area contributed by atoms with Crippen LogP contribution in [0.4, 0.5) is 22.0 Å². The highest BCUT2D eigenvalue weighted by Crippen LogP contribution is 2.36. The predicted molar refractivity (Wildman–Crippen MR) is 90.1 cm³/mol. The molecule has 0 saturated carbocycles. The first-order valence-electron chi connectivity index (χ1n) is 8.02. The number of thiophene rings is 1. The summed E-state index contributed by atoms with van der Waals surface area (Å²) in [7, 11) is 0. The van der Waals surface area contributed by atoms with Crippen molar-refractivity contribution >= 4 is 17.2 Å². The molecule has 0 bridgehead atoms. The lowest BCUT2D eigenvalue weighted by molar-refractivity contribution is -0.141. The van der Waals surface area contributed by atoms with Gasteiger partial charge in [-0.1, -0.05) is 6.08 Å². The Morgan fingerprint density at radius 3 is 2.70 bits per heavy atom. The van der Waals surface area contributed by atoms with Crippen molar-refractivity contribution < 1.29 is 26.7 Å². The van der Waals surface area contributed by atoms with Crippen LogP contribution in [0.15, 0.2) is 35.8 Å². The van der Waals surface area contributed by atoms with Gasteiger partial charge in [0.1, 0.15) is 11.6 Å². The maximum atomic E-state index is 14.3. The zero-order chi connectivity index (χ0) is 19.8. The lowest BCUT2D eigenvalue weighted by Crippen LogP contribution is -2.22. The fourth-order valence-corrected chi connectivity index (χ4v) is 3.52. The lowest BCUT2D eigenvalue weighted by Gasteiger charge is -2.10. The molecule has 2 aromatic heterocycles. The number of aryl methyl sites for hydroxylation is 1. The molecule has 0 unspecified atom stereocenters. The van der Waals surface area contributed by atoms with E-state index in [1.807, 2.05) is 0 Å². The Morgan fingerprint density at radius 1 is 1.33 bits per heavy atom. The van der Waals surface area contributed by atoms with E-state index in [1.54, 1.807) is 13.0 Å². The number of carbonyl (C=O) groups excluding carboxylic acids is 1. The summed E-state index contributed by atoms with van der Waals surface area (Å²) in [6.45, 7) is 1.66. The van der Waals surface area contributed by atoms with E-state index >= 15 is 0 Å². The Kier molecular flexibility index (Phi) is 5.18. The number of carbonyl (C=O) groups is 1. The van der Waals surface area contributed by atoms with Gasteiger partial charge in [-0.15, -0.1) is 11.3 Å². The van der Waals surface area contributed by atoms with E-state index in [0.717, 1.165) is 16.8 Å². The molecule has 1 aliphatic rings. The number of nitrogens with one attached hydrogen (secondary N) is 1. The molecule has 0 atom stereocenters. The molecule has 0 aromatic carbocycles. The van der Waals surface area contributed by atoms with Crippen molar-refractivity contribution in [1.29, 1.82) is 0 Å². The van der Waals surface area contributed by atoms with Crippen LogP contribution in [0.1, 0.15) is 35.1 Å². The summed E-state index contributed by atoms with van der Waals surface area (Å²) in [5.74, 6) is -2.07. The van der Waals surface area contributed by atoms with Crippen molar-refractivity contribution in [1.82, 2.24) is 15.1 Å². The molecule has 10 heteroatoms. The summed E-state index contributed by atoms with van der Waals surface area (Å²) >= 11 is 0.680. The van der Waals surface area contributed by atoms with Gasteiger partial charge in [-0.25, -0.2) is 8.78 Å². The molecule has 1 aliphatic carbocycles. The third kappa shape index (κ3) is 3.95. The van der Waals surface area contributed by atoms with Crippen molar-refractivity contribution in [2.24, 2.45) is 0 Å². The third-order valence-corrected chi connectivity index (χ3v) is 5.00. The van der Waals surface area contributed by atoms with E-state index in [1.165, 1.54) is 6.08 Å². The number of hydrogen-bond acceptors (Lipinski definition) is 3. The Labute approximate surface area is 155 Å². The van der Waals surface area contributed by atoms with Crippen LogP contribution in [0.5, 0.6) is 0 Å². The molecule has 0 fully saturated rings. The van der Waals surface area contributed by atoms with Gasteiger partial charge in [0.25, 0.3) is 5.91 Å². The summed E-state index contributed by atoms with van der Waals surface area (Å²) in [4.78, 5) is 12.0. The maximum absolute atomic E-state index is 14.3. The molecule has 0 saturated heterocycles. The summed E-state index contributed by atoms with van der Waals surface area (Å²) in [6.07, 6.45) is -0.876. The van der Waals surface area contributed by atoms with Crippen LogP contribution in [-0.4, -0.2) is 15.7 Å². The minimum absolute atomic E-state index is 0.000402. The zero-order valence-electron chi connectivity index (χ0n) is 14.0. The van der Waals surface area contributed by atoms with Crippen molar-refractivity contribution in [2.45, 2.75) is 32.5 Å². The SMILES string of the molecule is CCn1nc(C(F)(F)F)cc1-c1sc(C(=O)NC2=C(F)CCC=C2)cc1F. The molecule has 27 heavy (non-hydrogen) atoms. The molecule has 0 spiro atoms. The molecule has 2 aromatic rings. The van der Waals surface area contributed by atoms with E-state index in [-0.39, 0.29) is 34.1 Å². The Bertz CT molecular complexity index is 939. The van der Waals surface area contributed by atoms with Crippen LogP contribution in [0.2, 0.25) is 0 Å². The zero-order valence-corrected chi connectivity index (χ0v) is 14.8. The van der Waals surface area contributed by atoms with E-state index in [2.05, 4.69) is 10.4 Å². The van der Waals surface area contributed by atoms with Gasteiger partial charge in [0.15, 0.2) is 5.69 Å². The number of nitrogens with zero attached hydrogens (tertiary/aromatic N) is 2. The Balaban J connectivity index is 1.92. The average molecular weight is 403 g/mol. The maximum Gasteiger partial charge on any atom is 0.435 e. The standard InChI is InChI=1S/C17H14F5N3OS/c1-2-25-12(8-14(24-25)17(20,21)22)15-10(19)7-13(27-15)16(26)23-11-6-4-3-5-9(11)18/h4,6-8H,2-3,5H2,1H3,(H,23,26). The third-order valence-electron chi connectivity index (χ3n) is 3.87. The minimum Gasteiger partial charge on any atom is -0.319 e. The van der Waals surface area contributed by atoms with Gasteiger partial charge in [0.2, 0.25) is 0 Å². The first-order valence-corrected chi connectivity index (χ1v) is 8.83. The van der Waals surface area contributed by atoms with E-state index < -0.39 is 29.4 Å². The molecule has 4 nitrogen and oxygen atoms in total. The number of halogens is 5. The second-order valence-electron chi connectivity index (χ2n) is 5.73. The first kappa shape index (κ1) is 19.3. The molecule has 0 radical (unpaired) electrons. The summed E-state index contributed by atoms with van der Waals surface area (Å²) < 4.78 is 67.7. The normalized spacial score (nSPS) is 14.7. The average Bonchev–Trinajstić information content (AvgIpc) is 3.19. The van der Waals surface area contributed by atoms with Crippen LogP contribution in [0.3, 0.4) is 0 Å². The quantitative estimate of drug-likeness (QED) is 0.727. The Hall–Kier alpha value is -2.49. The van der Waals surface area contributed by atoms with Gasteiger partial charge < -0.3 is 5.32 Å². The van der Waals surface area contributed by atoms with Gasteiger partial charge in [-0.05, 0) is 31.6 Å². The number of amides is 1. The smallest absolute Gasteiger partial charge is 0.319 e. The van der Waals surface area contributed by atoms with Crippen molar-refractivity contribution in [3.63, 3.8) is 0 Å². The highest BCUT2D eigenvalue weighted by Gasteiger charge is 2.35. The van der Waals surface area contributed by atoms with Crippen LogP contribution in [0, 0.1) is 5.82 Å². The summed E-state index contributed by atoms with van der Waals surface area (Å²) in [5.41, 5.74) is -1.22. The molecule has 1 amide bonds. The predicted octanol–water partition coefficient (Wildman–Crippen LogP) is 5.05. The fourth-order valence-electron chi connectivity index (χ4n) is 2.56. The molecular formula is C17H14F5N3OS. The van der Waals surface area contributed by atoms with Crippen molar-refractivity contribution in [3.05, 3.63) is 52.2 Å².